The van der Waals surface area contributed by atoms with E-state index in [2.05, 4.69) is 11.4 Å². The molecule has 0 heterocycles. The van der Waals surface area contributed by atoms with E-state index in [1.165, 1.54) is 0 Å². The number of rotatable bonds is 4. The van der Waals surface area contributed by atoms with Crippen molar-refractivity contribution in [2.45, 2.75) is 6.42 Å². The number of benzene rings is 1. The molecule has 3 heteroatoms. The average molecular weight is 212 g/mol. The first-order valence-corrected chi connectivity index (χ1v) is 4.91. The number of nitrogens with one attached hydrogen (secondary N) is 1. The number of hydrogen-bond acceptors (Lipinski definition) is 2. The number of phenols is 1. The Hall–Kier alpha value is -0.990. The van der Waals surface area contributed by atoms with Crippen LogP contribution >= 0.6 is 11.6 Å². The van der Waals surface area contributed by atoms with Crippen LogP contribution in [0.2, 0.25) is 5.02 Å². The maximum atomic E-state index is 9.19. The molecule has 76 valence electrons. The Labute approximate surface area is 89.2 Å². The van der Waals surface area contributed by atoms with Crippen LogP contribution in [-0.4, -0.2) is 18.7 Å². The normalized spacial score (nSPS) is 11.0. The fraction of sp³-hybridized carbons (Fsp3) is 0.273. The lowest BCUT2D eigenvalue weighted by molar-refractivity contribution is 0.475. The molecule has 0 bridgehead atoms. The van der Waals surface area contributed by atoms with Crippen LogP contribution in [0.3, 0.4) is 0 Å². The van der Waals surface area contributed by atoms with Crippen LogP contribution in [-0.2, 0) is 0 Å². The first-order chi connectivity index (χ1) is 6.74. The highest BCUT2D eigenvalue weighted by Crippen LogP contribution is 2.24. The second-order valence-electron chi connectivity index (χ2n) is 3.01. The van der Waals surface area contributed by atoms with Crippen LogP contribution < -0.4 is 5.32 Å². The van der Waals surface area contributed by atoms with Gasteiger partial charge >= 0.3 is 0 Å². The lowest BCUT2D eigenvalue weighted by atomic mass is 10.2. The highest BCUT2D eigenvalue weighted by Gasteiger charge is 1.96. The van der Waals surface area contributed by atoms with Crippen LogP contribution in [0.5, 0.6) is 5.75 Å². The fourth-order valence-corrected chi connectivity index (χ4v) is 1.26. The number of hydrogen-bond donors (Lipinski definition) is 2. The molecule has 0 radical (unpaired) electrons. The van der Waals surface area contributed by atoms with Gasteiger partial charge in [-0.15, -0.1) is 0 Å². The van der Waals surface area contributed by atoms with Gasteiger partial charge in [-0.2, -0.15) is 0 Å². The van der Waals surface area contributed by atoms with E-state index >= 15 is 0 Å². The Kier molecular flexibility index (Phi) is 4.50. The lowest BCUT2D eigenvalue weighted by Crippen LogP contribution is -2.05. The highest BCUT2D eigenvalue weighted by molar-refractivity contribution is 6.32. The molecule has 0 atom stereocenters. The molecule has 14 heavy (non-hydrogen) atoms. The summed E-state index contributed by atoms with van der Waals surface area (Å²) in [7, 11) is 1.92. The predicted molar refractivity (Wildman–Crippen MR) is 60.7 cm³/mol. The Balaban J connectivity index is 2.59. The SMILES string of the molecule is CNCCC=Cc1ccc(O)c(Cl)c1. The molecular formula is C11H14ClNO. The second-order valence-corrected chi connectivity index (χ2v) is 3.41. The van der Waals surface area contributed by atoms with Gasteiger partial charge in [0.1, 0.15) is 5.75 Å². The van der Waals surface area contributed by atoms with Crippen LogP contribution in [0.4, 0.5) is 0 Å². The molecule has 0 aliphatic rings. The molecule has 0 aromatic heterocycles. The van der Waals surface area contributed by atoms with Crippen molar-refractivity contribution in [3.63, 3.8) is 0 Å². The molecule has 0 unspecified atom stereocenters. The van der Waals surface area contributed by atoms with Gasteiger partial charge in [-0.05, 0) is 37.7 Å². The van der Waals surface area contributed by atoms with Crippen molar-refractivity contribution < 1.29 is 5.11 Å². The molecule has 1 aromatic rings. The number of phenolic OH excluding ortho intramolecular Hbond substituents is 1. The summed E-state index contributed by atoms with van der Waals surface area (Å²) in [5.74, 6) is 0.124. The third-order valence-corrected chi connectivity index (χ3v) is 2.15. The van der Waals surface area contributed by atoms with E-state index < -0.39 is 0 Å². The van der Waals surface area contributed by atoms with E-state index in [1.807, 2.05) is 19.2 Å². The maximum Gasteiger partial charge on any atom is 0.134 e. The molecule has 0 amide bonds. The van der Waals surface area contributed by atoms with Crippen molar-refractivity contribution in [1.82, 2.24) is 5.32 Å². The first-order valence-electron chi connectivity index (χ1n) is 4.53. The summed E-state index contributed by atoms with van der Waals surface area (Å²) in [4.78, 5) is 0. The molecule has 0 fully saturated rings. The lowest BCUT2D eigenvalue weighted by Gasteiger charge is -1.98. The fourth-order valence-electron chi connectivity index (χ4n) is 1.07. The Morgan fingerprint density at radius 3 is 2.93 bits per heavy atom. The highest BCUT2D eigenvalue weighted by atomic mass is 35.5. The smallest absolute Gasteiger partial charge is 0.134 e. The molecule has 0 aliphatic heterocycles. The number of aromatic hydroxyl groups is 1. The summed E-state index contributed by atoms with van der Waals surface area (Å²) in [6, 6.07) is 5.17. The van der Waals surface area contributed by atoms with Gasteiger partial charge < -0.3 is 10.4 Å². The zero-order valence-electron chi connectivity index (χ0n) is 8.13. The van der Waals surface area contributed by atoms with Crippen LogP contribution in [0.1, 0.15) is 12.0 Å². The molecule has 0 spiro atoms. The Bertz CT molecular complexity index is 323. The molecule has 1 aromatic carbocycles. The van der Waals surface area contributed by atoms with Crippen LogP contribution in [0, 0.1) is 0 Å². The summed E-state index contributed by atoms with van der Waals surface area (Å²) in [6.07, 6.45) is 5.04. The van der Waals surface area contributed by atoms with Crippen molar-refractivity contribution >= 4 is 17.7 Å². The quantitative estimate of drug-likeness (QED) is 0.751. The van der Waals surface area contributed by atoms with Gasteiger partial charge in [0.15, 0.2) is 0 Å². The molecule has 1 rings (SSSR count). The summed E-state index contributed by atoms with van der Waals surface area (Å²) in [5, 5.41) is 12.6. The summed E-state index contributed by atoms with van der Waals surface area (Å²) < 4.78 is 0. The second kappa shape index (κ2) is 5.68. The third-order valence-electron chi connectivity index (χ3n) is 1.84. The average Bonchev–Trinajstić information content (AvgIpc) is 2.18. The Morgan fingerprint density at radius 1 is 1.50 bits per heavy atom. The molecule has 2 nitrogen and oxygen atoms in total. The predicted octanol–water partition coefficient (Wildman–Crippen LogP) is 2.67. The van der Waals surface area contributed by atoms with Crippen molar-refractivity contribution in [1.29, 1.82) is 0 Å². The van der Waals surface area contributed by atoms with Crippen molar-refractivity contribution in [3.8, 4) is 5.75 Å². The van der Waals surface area contributed by atoms with Gasteiger partial charge in [0.2, 0.25) is 0 Å². The Morgan fingerprint density at radius 2 is 2.29 bits per heavy atom. The van der Waals surface area contributed by atoms with Gasteiger partial charge in [0.25, 0.3) is 0 Å². The number of halogens is 1. The van der Waals surface area contributed by atoms with Gasteiger partial charge in [0.05, 0.1) is 5.02 Å². The van der Waals surface area contributed by atoms with Crippen molar-refractivity contribution in [2.75, 3.05) is 13.6 Å². The maximum absolute atomic E-state index is 9.19. The van der Waals surface area contributed by atoms with Gasteiger partial charge in [-0.25, -0.2) is 0 Å². The van der Waals surface area contributed by atoms with Crippen molar-refractivity contribution in [2.24, 2.45) is 0 Å². The van der Waals surface area contributed by atoms with E-state index in [0.717, 1.165) is 18.5 Å². The zero-order chi connectivity index (χ0) is 10.4. The summed E-state index contributed by atoms with van der Waals surface area (Å²) in [5.41, 5.74) is 1.00. The van der Waals surface area contributed by atoms with E-state index in [-0.39, 0.29) is 5.75 Å². The largest absolute Gasteiger partial charge is 0.506 e. The van der Waals surface area contributed by atoms with Gasteiger partial charge in [-0.1, -0.05) is 29.8 Å². The molecular weight excluding hydrogens is 198 g/mol. The van der Waals surface area contributed by atoms with Gasteiger partial charge in [-0.3, -0.25) is 0 Å². The molecule has 0 saturated heterocycles. The minimum Gasteiger partial charge on any atom is -0.506 e. The minimum atomic E-state index is 0.124. The molecule has 2 N–H and O–H groups in total. The summed E-state index contributed by atoms with van der Waals surface area (Å²) >= 11 is 5.76. The summed E-state index contributed by atoms with van der Waals surface area (Å²) in [6.45, 7) is 0.961. The molecule has 0 aliphatic carbocycles. The van der Waals surface area contributed by atoms with E-state index in [1.54, 1.807) is 12.1 Å². The minimum absolute atomic E-state index is 0.124. The van der Waals surface area contributed by atoms with E-state index in [4.69, 9.17) is 11.6 Å². The molecule has 0 saturated carbocycles. The van der Waals surface area contributed by atoms with Crippen LogP contribution in [0.15, 0.2) is 24.3 Å². The van der Waals surface area contributed by atoms with Gasteiger partial charge in [0, 0.05) is 0 Å². The standard InChI is InChI=1S/C11H14ClNO/c1-13-7-3-2-4-9-5-6-11(14)10(12)8-9/h2,4-6,8,13-14H,3,7H2,1H3. The third kappa shape index (κ3) is 3.40. The zero-order valence-corrected chi connectivity index (χ0v) is 8.88. The topological polar surface area (TPSA) is 32.3 Å². The monoisotopic (exact) mass is 211 g/mol. The van der Waals surface area contributed by atoms with E-state index in [0.29, 0.717) is 5.02 Å². The van der Waals surface area contributed by atoms with Crippen LogP contribution in [0.25, 0.3) is 6.08 Å². The van der Waals surface area contributed by atoms with E-state index in [9.17, 15) is 5.11 Å². The first kappa shape index (κ1) is 11.1. The van der Waals surface area contributed by atoms with Crippen molar-refractivity contribution in [3.05, 3.63) is 34.9 Å².